The van der Waals surface area contributed by atoms with E-state index in [1.165, 1.54) is 12.3 Å². The number of unbranched alkanes of at least 4 members (excludes halogenated alkanes) is 2. The topological polar surface area (TPSA) is 78.8 Å². The van der Waals surface area contributed by atoms with Gasteiger partial charge in [-0.05, 0) is 30.0 Å². The zero-order valence-corrected chi connectivity index (χ0v) is 14.3. The standard InChI is InChI=1S/C20H21FN2O3/c21-18-13-15(11-12-17(18)16-7-3-1-4-8-16)14-22-23-19(24)9-5-2-6-10-20(25)26/h1,3-4,7-8,11-14H,2,5-6,9-10H2,(H,23,24)(H,25,26)/b22-14+. The molecule has 5 nitrogen and oxygen atoms in total. The number of aliphatic carboxylic acids is 1. The number of benzene rings is 2. The van der Waals surface area contributed by atoms with Crippen LogP contribution in [0.5, 0.6) is 0 Å². The summed E-state index contributed by atoms with van der Waals surface area (Å²) in [6.07, 6.45) is 3.62. The molecule has 1 amide bonds. The average Bonchev–Trinajstić information content (AvgIpc) is 2.62. The third-order valence-electron chi connectivity index (χ3n) is 3.78. The van der Waals surface area contributed by atoms with Crippen LogP contribution >= 0.6 is 0 Å². The number of carbonyl (C=O) groups is 2. The molecule has 0 aliphatic carbocycles. The second kappa shape index (κ2) is 10.1. The Morgan fingerprint density at radius 3 is 2.46 bits per heavy atom. The molecule has 0 saturated carbocycles. The monoisotopic (exact) mass is 356 g/mol. The highest BCUT2D eigenvalue weighted by Crippen LogP contribution is 2.22. The lowest BCUT2D eigenvalue weighted by atomic mass is 10.0. The van der Waals surface area contributed by atoms with Gasteiger partial charge in [-0.3, -0.25) is 9.59 Å². The fourth-order valence-electron chi connectivity index (χ4n) is 2.44. The van der Waals surface area contributed by atoms with E-state index in [-0.39, 0.29) is 24.6 Å². The lowest BCUT2D eigenvalue weighted by molar-refractivity contribution is -0.137. The average molecular weight is 356 g/mol. The molecule has 2 aromatic rings. The fraction of sp³-hybridized carbons (Fsp3) is 0.250. The van der Waals surface area contributed by atoms with Crippen molar-refractivity contribution in [3.05, 3.63) is 59.9 Å². The van der Waals surface area contributed by atoms with E-state index in [4.69, 9.17) is 5.11 Å². The first-order valence-electron chi connectivity index (χ1n) is 8.45. The third-order valence-corrected chi connectivity index (χ3v) is 3.78. The molecule has 2 rings (SSSR count). The Morgan fingerprint density at radius 1 is 1.04 bits per heavy atom. The van der Waals surface area contributed by atoms with Crippen molar-refractivity contribution in [1.82, 2.24) is 5.43 Å². The van der Waals surface area contributed by atoms with Crippen molar-refractivity contribution in [3.63, 3.8) is 0 Å². The van der Waals surface area contributed by atoms with Crippen LogP contribution in [0.2, 0.25) is 0 Å². The van der Waals surface area contributed by atoms with Crippen molar-refractivity contribution >= 4 is 18.1 Å². The number of hydrogen-bond donors (Lipinski definition) is 2. The van der Waals surface area contributed by atoms with Gasteiger partial charge in [0.15, 0.2) is 0 Å². The van der Waals surface area contributed by atoms with E-state index < -0.39 is 5.97 Å². The van der Waals surface area contributed by atoms with Crippen LogP contribution < -0.4 is 5.43 Å². The lowest BCUT2D eigenvalue weighted by Crippen LogP contribution is -2.16. The van der Waals surface area contributed by atoms with Crippen LogP contribution in [0.3, 0.4) is 0 Å². The molecule has 26 heavy (non-hydrogen) atoms. The zero-order chi connectivity index (χ0) is 18.8. The number of nitrogens with zero attached hydrogens (tertiary/aromatic N) is 1. The third kappa shape index (κ3) is 6.47. The maximum Gasteiger partial charge on any atom is 0.303 e. The summed E-state index contributed by atoms with van der Waals surface area (Å²) in [6.45, 7) is 0. The van der Waals surface area contributed by atoms with Crippen molar-refractivity contribution in [2.24, 2.45) is 5.10 Å². The number of hydrogen-bond acceptors (Lipinski definition) is 3. The molecule has 0 aliphatic rings. The maximum absolute atomic E-state index is 14.2. The highest BCUT2D eigenvalue weighted by Gasteiger charge is 2.05. The Labute approximate surface area is 151 Å². The Morgan fingerprint density at radius 2 is 1.77 bits per heavy atom. The highest BCUT2D eigenvalue weighted by molar-refractivity contribution is 5.83. The Hall–Kier alpha value is -3.02. The molecule has 0 unspecified atom stereocenters. The van der Waals surface area contributed by atoms with Crippen LogP contribution in [-0.2, 0) is 9.59 Å². The maximum atomic E-state index is 14.2. The predicted octanol–water partition coefficient (Wildman–Crippen LogP) is 3.98. The van der Waals surface area contributed by atoms with Gasteiger partial charge in [0.1, 0.15) is 5.82 Å². The second-order valence-corrected chi connectivity index (χ2v) is 5.85. The Bertz CT molecular complexity index is 776. The summed E-state index contributed by atoms with van der Waals surface area (Å²) in [5.41, 5.74) is 4.24. The van der Waals surface area contributed by atoms with Crippen LogP contribution in [0.4, 0.5) is 4.39 Å². The van der Waals surface area contributed by atoms with Crippen LogP contribution in [0.1, 0.15) is 37.7 Å². The summed E-state index contributed by atoms with van der Waals surface area (Å²) in [7, 11) is 0. The van der Waals surface area contributed by atoms with E-state index in [0.29, 0.717) is 30.4 Å². The van der Waals surface area contributed by atoms with Crippen LogP contribution in [0.15, 0.2) is 53.6 Å². The summed E-state index contributed by atoms with van der Waals surface area (Å²) in [5, 5.41) is 12.3. The number of hydrazone groups is 1. The minimum absolute atomic E-state index is 0.115. The lowest BCUT2D eigenvalue weighted by Gasteiger charge is -2.04. The van der Waals surface area contributed by atoms with E-state index in [1.54, 1.807) is 12.1 Å². The molecule has 0 fully saturated rings. The second-order valence-electron chi connectivity index (χ2n) is 5.85. The molecule has 2 aromatic carbocycles. The fourth-order valence-corrected chi connectivity index (χ4v) is 2.44. The molecule has 0 heterocycles. The molecule has 6 heteroatoms. The molecule has 2 N–H and O–H groups in total. The van der Waals surface area contributed by atoms with Crippen molar-refractivity contribution < 1.29 is 19.1 Å². The first-order valence-corrected chi connectivity index (χ1v) is 8.45. The van der Waals surface area contributed by atoms with Crippen molar-refractivity contribution in [3.8, 4) is 11.1 Å². The van der Waals surface area contributed by atoms with E-state index in [1.807, 2.05) is 30.3 Å². The van der Waals surface area contributed by atoms with Gasteiger partial charge in [0.05, 0.1) is 6.21 Å². The number of carboxylic acids is 1. The first kappa shape index (κ1) is 19.3. The van der Waals surface area contributed by atoms with E-state index in [0.717, 1.165) is 5.56 Å². The summed E-state index contributed by atoms with van der Waals surface area (Å²) in [4.78, 5) is 22.0. The van der Waals surface area contributed by atoms with E-state index in [2.05, 4.69) is 10.5 Å². The number of halogens is 1. The number of nitrogens with one attached hydrogen (secondary N) is 1. The molecular formula is C20H21FN2O3. The van der Waals surface area contributed by atoms with Crippen molar-refractivity contribution in [2.75, 3.05) is 0 Å². The summed E-state index contributed by atoms with van der Waals surface area (Å²) in [5.74, 6) is -1.44. The molecule has 0 saturated heterocycles. The van der Waals surface area contributed by atoms with Gasteiger partial charge in [0.25, 0.3) is 0 Å². The minimum atomic E-state index is -0.829. The first-order chi connectivity index (χ1) is 12.6. The minimum Gasteiger partial charge on any atom is -0.481 e. The van der Waals surface area contributed by atoms with Crippen molar-refractivity contribution in [2.45, 2.75) is 32.1 Å². The van der Waals surface area contributed by atoms with E-state index in [9.17, 15) is 14.0 Å². The predicted molar refractivity (Wildman–Crippen MR) is 98.3 cm³/mol. The molecule has 0 aromatic heterocycles. The highest BCUT2D eigenvalue weighted by atomic mass is 19.1. The van der Waals surface area contributed by atoms with Gasteiger partial charge in [0, 0.05) is 18.4 Å². The Balaban J connectivity index is 1.80. The molecule has 136 valence electrons. The quantitative estimate of drug-likeness (QED) is 0.405. The largest absolute Gasteiger partial charge is 0.481 e. The molecule has 0 spiro atoms. The van der Waals surface area contributed by atoms with Gasteiger partial charge in [0.2, 0.25) is 5.91 Å². The summed E-state index contributed by atoms with van der Waals surface area (Å²) in [6, 6.07) is 14.0. The number of amides is 1. The molecule has 0 aliphatic heterocycles. The molecule has 0 radical (unpaired) electrons. The van der Waals surface area contributed by atoms with Crippen LogP contribution in [0.25, 0.3) is 11.1 Å². The van der Waals surface area contributed by atoms with Gasteiger partial charge in [-0.15, -0.1) is 0 Å². The normalized spacial score (nSPS) is 10.8. The van der Waals surface area contributed by atoms with Gasteiger partial charge < -0.3 is 5.11 Å². The molecular weight excluding hydrogens is 335 g/mol. The van der Waals surface area contributed by atoms with Gasteiger partial charge in [-0.2, -0.15) is 5.10 Å². The number of rotatable bonds is 9. The van der Waals surface area contributed by atoms with Gasteiger partial charge in [-0.1, -0.05) is 48.9 Å². The number of carbonyl (C=O) groups excluding carboxylic acids is 1. The summed E-state index contributed by atoms with van der Waals surface area (Å²) < 4.78 is 14.2. The SMILES string of the molecule is O=C(O)CCCCCC(=O)N/N=C/c1ccc(-c2ccccc2)c(F)c1. The zero-order valence-electron chi connectivity index (χ0n) is 14.3. The van der Waals surface area contributed by atoms with Gasteiger partial charge >= 0.3 is 5.97 Å². The van der Waals surface area contributed by atoms with Crippen LogP contribution in [-0.4, -0.2) is 23.2 Å². The number of carboxylic acid groups (broad SMARTS) is 1. The van der Waals surface area contributed by atoms with E-state index >= 15 is 0 Å². The smallest absolute Gasteiger partial charge is 0.303 e. The van der Waals surface area contributed by atoms with Crippen molar-refractivity contribution in [1.29, 1.82) is 0 Å². The summed E-state index contributed by atoms with van der Waals surface area (Å²) >= 11 is 0. The molecule has 0 bridgehead atoms. The van der Waals surface area contributed by atoms with Gasteiger partial charge in [-0.25, -0.2) is 9.82 Å². The Kier molecular flexibility index (Phi) is 7.49. The molecule has 0 atom stereocenters. The van der Waals surface area contributed by atoms with Crippen LogP contribution in [0, 0.1) is 5.82 Å².